The molecule has 0 saturated carbocycles. The summed E-state index contributed by atoms with van der Waals surface area (Å²) in [6, 6.07) is 2.80. The van der Waals surface area contributed by atoms with E-state index in [0.717, 1.165) is 0 Å². The standard InChI is InChI=1S/C11H10O4/c1-5-4-8(12)15-7-3-6(2)10(13)11(14)9(5)7/h3-4,13-14H,1-2H3. The molecule has 0 aliphatic rings. The maximum Gasteiger partial charge on any atom is 0.336 e. The quantitative estimate of drug-likeness (QED) is 0.509. The van der Waals surface area contributed by atoms with Crippen LogP contribution in [0.2, 0.25) is 0 Å². The minimum absolute atomic E-state index is 0.181. The van der Waals surface area contributed by atoms with Crippen LogP contribution in [0.3, 0.4) is 0 Å². The topological polar surface area (TPSA) is 70.7 Å². The monoisotopic (exact) mass is 206 g/mol. The van der Waals surface area contributed by atoms with Crippen LogP contribution >= 0.6 is 0 Å². The zero-order chi connectivity index (χ0) is 11.2. The zero-order valence-electron chi connectivity index (χ0n) is 8.37. The summed E-state index contributed by atoms with van der Waals surface area (Å²) in [5.41, 5.74) is 0.861. The fraction of sp³-hybridized carbons (Fsp3) is 0.182. The van der Waals surface area contributed by atoms with Crippen molar-refractivity contribution >= 4 is 11.0 Å². The van der Waals surface area contributed by atoms with Gasteiger partial charge < -0.3 is 14.6 Å². The van der Waals surface area contributed by atoms with Gasteiger partial charge >= 0.3 is 5.63 Å². The third kappa shape index (κ3) is 1.34. The van der Waals surface area contributed by atoms with E-state index in [-0.39, 0.29) is 17.1 Å². The highest BCUT2D eigenvalue weighted by Crippen LogP contribution is 2.37. The van der Waals surface area contributed by atoms with Crippen LogP contribution in [0.25, 0.3) is 11.0 Å². The lowest BCUT2D eigenvalue weighted by Crippen LogP contribution is -1.98. The molecule has 0 unspecified atom stereocenters. The van der Waals surface area contributed by atoms with Gasteiger partial charge in [-0.05, 0) is 31.0 Å². The Morgan fingerprint density at radius 1 is 1.07 bits per heavy atom. The third-order valence-corrected chi connectivity index (χ3v) is 2.37. The van der Waals surface area contributed by atoms with Gasteiger partial charge in [0.05, 0.1) is 5.39 Å². The number of fused-ring (bicyclic) bond motifs is 1. The van der Waals surface area contributed by atoms with E-state index in [4.69, 9.17) is 4.42 Å². The molecule has 4 heteroatoms. The van der Waals surface area contributed by atoms with Gasteiger partial charge in [0.15, 0.2) is 11.5 Å². The Labute approximate surface area is 85.4 Å². The van der Waals surface area contributed by atoms with Gasteiger partial charge in [0, 0.05) is 6.07 Å². The maximum atomic E-state index is 11.1. The van der Waals surface area contributed by atoms with Gasteiger partial charge in [-0.2, -0.15) is 0 Å². The Hall–Kier alpha value is -1.97. The van der Waals surface area contributed by atoms with Crippen LogP contribution in [0.4, 0.5) is 0 Å². The molecule has 0 spiro atoms. The van der Waals surface area contributed by atoms with Crippen LogP contribution in [-0.4, -0.2) is 10.2 Å². The summed E-state index contributed by atoms with van der Waals surface area (Å²) in [7, 11) is 0. The minimum Gasteiger partial charge on any atom is -0.504 e. The van der Waals surface area contributed by atoms with Crippen molar-refractivity contribution in [3.8, 4) is 11.5 Å². The number of aromatic hydroxyl groups is 2. The second kappa shape index (κ2) is 3.02. The van der Waals surface area contributed by atoms with Crippen molar-refractivity contribution < 1.29 is 14.6 Å². The first-order valence-electron chi connectivity index (χ1n) is 4.46. The lowest BCUT2D eigenvalue weighted by Gasteiger charge is -2.07. The van der Waals surface area contributed by atoms with E-state index < -0.39 is 5.63 Å². The molecule has 0 aliphatic carbocycles. The van der Waals surface area contributed by atoms with Crippen molar-refractivity contribution in [2.24, 2.45) is 0 Å². The number of hydrogen-bond donors (Lipinski definition) is 2. The molecule has 4 nitrogen and oxygen atoms in total. The highest BCUT2D eigenvalue weighted by Gasteiger charge is 2.13. The van der Waals surface area contributed by atoms with E-state index in [1.54, 1.807) is 13.8 Å². The average Bonchev–Trinajstić information content (AvgIpc) is 2.13. The van der Waals surface area contributed by atoms with Crippen molar-refractivity contribution in [2.75, 3.05) is 0 Å². The molecule has 15 heavy (non-hydrogen) atoms. The summed E-state index contributed by atoms with van der Waals surface area (Å²) in [6.45, 7) is 3.30. The van der Waals surface area contributed by atoms with Gasteiger partial charge in [0.1, 0.15) is 5.58 Å². The minimum atomic E-state index is -0.468. The van der Waals surface area contributed by atoms with Gasteiger partial charge in [0.2, 0.25) is 0 Å². The van der Waals surface area contributed by atoms with Crippen molar-refractivity contribution in [2.45, 2.75) is 13.8 Å². The number of phenolic OH excluding ortho intramolecular Hbond substituents is 2. The molecule has 78 valence electrons. The highest BCUT2D eigenvalue weighted by atomic mass is 16.4. The van der Waals surface area contributed by atoms with E-state index in [1.807, 2.05) is 0 Å². The molecule has 0 radical (unpaired) electrons. The van der Waals surface area contributed by atoms with E-state index in [2.05, 4.69) is 0 Å². The van der Waals surface area contributed by atoms with Crippen LogP contribution in [0, 0.1) is 13.8 Å². The van der Waals surface area contributed by atoms with Crippen LogP contribution in [0.1, 0.15) is 11.1 Å². The molecule has 1 aromatic heterocycles. The Bertz CT molecular complexity index is 596. The summed E-state index contributed by atoms with van der Waals surface area (Å²) in [5.74, 6) is -0.425. The molecule has 0 aliphatic heterocycles. The molecule has 2 rings (SSSR count). The summed E-state index contributed by atoms with van der Waals surface area (Å²) in [4.78, 5) is 11.1. The summed E-state index contributed by atoms with van der Waals surface area (Å²) in [5, 5.41) is 19.6. The Morgan fingerprint density at radius 3 is 2.40 bits per heavy atom. The lowest BCUT2D eigenvalue weighted by atomic mass is 10.1. The molecule has 2 aromatic rings. The summed E-state index contributed by atoms with van der Waals surface area (Å²) >= 11 is 0. The van der Waals surface area contributed by atoms with Crippen molar-refractivity contribution in [3.63, 3.8) is 0 Å². The van der Waals surface area contributed by atoms with Crippen LogP contribution in [0.15, 0.2) is 21.3 Å². The van der Waals surface area contributed by atoms with Gasteiger partial charge in [-0.15, -0.1) is 0 Å². The van der Waals surface area contributed by atoms with E-state index in [1.165, 1.54) is 12.1 Å². The number of phenols is 2. The van der Waals surface area contributed by atoms with Crippen LogP contribution in [0.5, 0.6) is 11.5 Å². The molecule has 0 saturated heterocycles. The number of hydrogen-bond acceptors (Lipinski definition) is 4. The molecule has 2 N–H and O–H groups in total. The first kappa shape index (κ1) is 9.58. The smallest absolute Gasteiger partial charge is 0.336 e. The van der Waals surface area contributed by atoms with Gasteiger partial charge in [-0.25, -0.2) is 4.79 Å². The van der Waals surface area contributed by atoms with Crippen LogP contribution < -0.4 is 5.63 Å². The molecule has 1 aromatic carbocycles. The second-order valence-corrected chi connectivity index (χ2v) is 3.51. The Balaban J connectivity index is 3.05. The highest BCUT2D eigenvalue weighted by molar-refractivity contribution is 5.89. The Morgan fingerprint density at radius 2 is 1.73 bits per heavy atom. The fourth-order valence-corrected chi connectivity index (χ4v) is 1.61. The first-order valence-corrected chi connectivity index (χ1v) is 4.46. The average molecular weight is 206 g/mol. The van der Waals surface area contributed by atoms with Gasteiger partial charge in [-0.3, -0.25) is 0 Å². The van der Waals surface area contributed by atoms with E-state index >= 15 is 0 Å². The number of aryl methyl sites for hydroxylation is 2. The number of rotatable bonds is 0. The van der Waals surface area contributed by atoms with Crippen molar-refractivity contribution in [3.05, 3.63) is 33.7 Å². The zero-order valence-corrected chi connectivity index (χ0v) is 8.37. The fourth-order valence-electron chi connectivity index (χ4n) is 1.61. The SMILES string of the molecule is Cc1cc2oc(=O)cc(C)c2c(O)c1O. The first-order chi connectivity index (χ1) is 7.00. The molecule has 0 fully saturated rings. The van der Waals surface area contributed by atoms with E-state index in [9.17, 15) is 15.0 Å². The van der Waals surface area contributed by atoms with Gasteiger partial charge in [-0.1, -0.05) is 0 Å². The van der Waals surface area contributed by atoms with Gasteiger partial charge in [0.25, 0.3) is 0 Å². The lowest BCUT2D eigenvalue weighted by molar-refractivity contribution is 0.404. The predicted octanol–water partition coefficient (Wildman–Crippen LogP) is 1.82. The number of benzene rings is 1. The molecule has 0 bridgehead atoms. The summed E-state index contributed by atoms with van der Waals surface area (Å²) < 4.78 is 4.93. The van der Waals surface area contributed by atoms with Crippen LogP contribution in [-0.2, 0) is 0 Å². The molecular formula is C11H10O4. The predicted molar refractivity (Wildman–Crippen MR) is 55.3 cm³/mol. The van der Waals surface area contributed by atoms with Crippen molar-refractivity contribution in [1.29, 1.82) is 0 Å². The second-order valence-electron chi connectivity index (χ2n) is 3.51. The molecule has 1 heterocycles. The summed E-state index contributed by atoms with van der Waals surface area (Å²) in [6.07, 6.45) is 0. The third-order valence-electron chi connectivity index (χ3n) is 2.37. The van der Waals surface area contributed by atoms with Crippen molar-refractivity contribution in [1.82, 2.24) is 0 Å². The largest absolute Gasteiger partial charge is 0.504 e. The molecule has 0 amide bonds. The van der Waals surface area contributed by atoms with E-state index in [0.29, 0.717) is 16.5 Å². The maximum absolute atomic E-state index is 11.1. The molecular weight excluding hydrogens is 196 g/mol. The molecule has 0 atom stereocenters. The Kier molecular flexibility index (Phi) is 1.93. The normalized spacial score (nSPS) is 10.8.